The lowest BCUT2D eigenvalue weighted by atomic mass is 10.0. The molecule has 1 heterocycles. The molecule has 0 aromatic carbocycles. The van der Waals surface area contributed by atoms with Gasteiger partial charge in [-0.15, -0.1) is 5.92 Å². The van der Waals surface area contributed by atoms with Crippen molar-refractivity contribution in [3.8, 4) is 11.8 Å². The van der Waals surface area contributed by atoms with Crippen molar-refractivity contribution in [3.63, 3.8) is 0 Å². The number of rotatable bonds is 3. The van der Waals surface area contributed by atoms with Gasteiger partial charge in [0.05, 0.1) is 13.2 Å². The number of hydrogen-bond acceptors (Lipinski definition) is 3. The molecule has 3 nitrogen and oxygen atoms in total. The van der Waals surface area contributed by atoms with Crippen LogP contribution in [-0.4, -0.2) is 30.7 Å². The molecular formula is C11H16O3. The summed E-state index contributed by atoms with van der Waals surface area (Å²) in [6, 6.07) is 0. The molecule has 1 N–H and O–H groups in total. The van der Waals surface area contributed by atoms with Crippen LogP contribution < -0.4 is 0 Å². The fourth-order valence-corrected chi connectivity index (χ4v) is 1.43. The highest BCUT2D eigenvalue weighted by Gasteiger charge is 2.36. The third kappa shape index (κ3) is 2.58. The van der Waals surface area contributed by atoms with E-state index in [0.29, 0.717) is 26.1 Å². The van der Waals surface area contributed by atoms with E-state index >= 15 is 0 Å². The van der Waals surface area contributed by atoms with E-state index in [-0.39, 0.29) is 6.61 Å². The highest BCUT2D eigenvalue weighted by molar-refractivity contribution is 5.09. The second kappa shape index (κ2) is 5.16. The van der Waals surface area contributed by atoms with Gasteiger partial charge < -0.3 is 14.6 Å². The van der Waals surface area contributed by atoms with Gasteiger partial charge in [-0.2, -0.15) is 0 Å². The van der Waals surface area contributed by atoms with Gasteiger partial charge in [0.25, 0.3) is 0 Å². The van der Waals surface area contributed by atoms with Gasteiger partial charge in [0, 0.05) is 12.8 Å². The maximum atomic E-state index is 8.48. The Kier molecular flexibility index (Phi) is 4.15. The zero-order valence-electron chi connectivity index (χ0n) is 8.51. The summed E-state index contributed by atoms with van der Waals surface area (Å²) in [7, 11) is 0. The number of hydrogen-bond donors (Lipinski definition) is 1. The molecule has 0 aliphatic carbocycles. The highest BCUT2D eigenvalue weighted by Crippen LogP contribution is 2.31. The van der Waals surface area contributed by atoms with E-state index < -0.39 is 5.79 Å². The van der Waals surface area contributed by atoms with Crippen LogP contribution in [0, 0.1) is 11.8 Å². The van der Waals surface area contributed by atoms with Crippen LogP contribution in [0.4, 0.5) is 0 Å². The van der Waals surface area contributed by atoms with Crippen molar-refractivity contribution in [1.82, 2.24) is 0 Å². The van der Waals surface area contributed by atoms with Gasteiger partial charge in [0.2, 0.25) is 0 Å². The molecule has 0 amide bonds. The quantitative estimate of drug-likeness (QED) is 0.542. The number of ether oxygens (including phenoxy) is 2. The number of aliphatic hydroxyl groups is 1. The van der Waals surface area contributed by atoms with E-state index in [2.05, 4.69) is 18.4 Å². The SMILES string of the molecule is C=C(C)C1(CCC#CCO)OCCO1. The maximum Gasteiger partial charge on any atom is 0.191 e. The lowest BCUT2D eigenvalue weighted by Crippen LogP contribution is -2.30. The van der Waals surface area contributed by atoms with E-state index in [1.807, 2.05) is 6.92 Å². The molecule has 0 radical (unpaired) electrons. The molecule has 0 atom stereocenters. The van der Waals surface area contributed by atoms with E-state index in [4.69, 9.17) is 14.6 Å². The first kappa shape index (κ1) is 11.3. The lowest BCUT2D eigenvalue weighted by Gasteiger charge is -2.26. The van der Waals surface area contributed by atoms with Gasteiger partial charge in [-0.05, 0) is 12.5 Å². The van der Waals surface area contributed by atoms with Crippen LogP contribution in [0.1, 0.15) is 19.8 Å². The molecular weight excluding hydrogens is 180 g/mol. The highest BCUT2D eigenvalue weighted by atomic mass is 16.7. The molecule has 0 bridgehead atoms. The average molecular weight is 196 g/mol. The normalized spacial score (nSPS) is 18.7. The molecule has 1 saturated heterocycles. The molecule has 0 aromatic heterocycles. The standard InChI is InChI=1S/C11H16O3/c1-10(2)11(13-8-9-14-11)6-4-3-5-7-12/h12H,1,4,6-9H2,2H3. The van der Waals surface area contributed by atoms with Gasteiger partial charge in [-0.1, -0.05) is 12.5 Å². The van der Waals surface area contributed by atoms with Gasteiger partial charge >= 0.3 is 0 Å². The Morgan fingerprint density at radius 3 is 2.57 bits per heavy atom. The zero-order valence-corrected chi connectivity index (χ0v) is 8.51. The lowest BCUT2D eigenvalue weighted by molar-refractivity contribution is -0.129. The van der Waals surface area contributed by atoms with Crippen LogP contribution in [0.2, 0.25) is 0 Å². The van der Waals surface area contributed by atoms with Crippen LogP contribution in [0.25, 0.3) is 0 Å². The minimum absolute atomic E-state index is 0.0955. The van der Waals surface area contributed by atoms with Crippen LogP contribution in [0.3, 0.4) is 0 Å². The van der Waals surface area contributed by atoms with Crippen LogP contribution in [-0.2, 0) is 9.47 Å². The maximum absolute atomic E-state index is 8.48. The van der Waals surface area contributed by atoms with Gasteiger partial charge in [0.15, 0.2) is 5.79 Å². The predicted molar refractivity (Wildman–Crippen MR) is 53.5 cm³/mol. The van der Waals surface area contributed by atoms with Crippen molar-refractivity contribution in [2.24, 2.45) is 0 Å². The molecule has 3 heteroatoms. The molecule has 78 valence electrons. The van der Waals surface area contributed by atoms with Crippen LogP contribution >= 0.6 is 0 Å². The van der Waals surface area contributed by atoms with Crippen molar-refractivity contribution >= 4 is 0 Å². The van der Waals surface area contributed by atoms with Crippen molar-refractivity contribution in [1.29, 1.82) is 0 Å². The Morgan fingerprint density at radius 1 is 1.43 bits per heavy atom. The van der Waals surface area contributed by atoms with Crippen LogP contribution in [0.5, 0.6) is 0 Å². The summed E-state index contributed by atoms with van der Waals surface area (Å²) in [5.74, 6) is 4.80. The Hall–Kier alpha value is -0.820. The predicted octanol–water partition coefficient (Wildman–Crippen LogP) is 1.08. The fraction of sp³-hybridized carbons (Fsp3) is 0.636. The van der Waals surface area contributed by atoms with E-state index in [1.54, 1.807) is 0 Å². The molecule has 1 rings (SSSR count). The molecule has 14 heavy (non-hydrogen) atoms. The second-order valence-electron chi connectivity index (χ2n) is 3.24. The van der Waals surface area contributed by atoms with Crippen LogP contribution in [0.15, 0.2) is 12.2 Å². The third-order valence-electron chi connectivity index (χ3n) is 2.19. The van der Waals surface area contributed by atoms with Crippen molar-refractivity contribution < 1.29 is 14.6 Å². The summed E-state index contributed by atoms with van der Waals surface area (Å²) in [6.07, 6.45) is 1.32. The Balaban J connectivity index is 2.48. The topological polar surface area (TPSA) is 38.7 Å². The minimum atomic E-state index is -0.635. The molecule has 1 aliphatic heterocycles. The van der Waals surface area contributed by atoms with Gasteiger partial charge in [-0.3, -0.25) is 0 Å². The molecule has 0 saturated carbocycles. The van der Waals surface area contributed by atoms with E-state index in [9.17, 15) is 0 Å². The molecule has 0 spiro atoms. The molecule has 1 aliphatic rings. The monoisotopic (exact) mass is 196 g/mol. The average Bonchev–Trinajstić information content (AvgIpc) is 2.62. The summed E-state index contributed by atoms with van der Waals surface area (Å²) in [6.45, 7) is 6.88. The first-order chi connectivity index (χ1) is 6.71. The van der Waals surface area contributed by atoms with Crippen molar-refractivity contribution in [2.75, 3.05) is 19.8 Å². The molecule has 0 unspecified atom stereocenters. The third-order valence-corrected chi connectivity index (χ3v) is 2.19. The summed E-state index contributed by atoms with van der Waals surface area (Å²) >= 11 is 0. The van der Waals surface area contributed by atoms with E-state index in [1.165, 1.54) is 0 Å². The van der Waals surface area contributed by atoms with Crippen molar-refractivity contribution in [2.45, 2.75) is 25.6 Å². The summed E-state index contributed by atoms with van der Waals surface area (Å²) in [5, 5.41) is 8.48. The first-order valence-electron chi connectivity index (χ1n) is 4.72. The minimum Gasteiger partial charge on any atom is -0.384 e. The Morgan fingerprint density at radius 2 is 2.07 bits per heavy atom. The summed E-state index contributed by atoms with van der Waals surface area (Å²) in [4.78, 5) is 0. The Bertz CT molecular complexity index is 253. The Labute approximate surface area is 84.7 Å². The smallest absolute Gasteiger partial charge is 0.191 e. The van der Waals surface area contributed by atoms with Gasteiger partial charge in [0.1, 0.15) is 6.61 Å². The van der Waals surface area contributed by atoms with Gasteiger partial charge in [-0.25, -0.2) is 0 Å². The summed E-state index contributed by atoms with van der Waals surface area (Å²) < 4.78 is 11.1. The number of aliphatic hydroxyl groups excluding tert-OH is 1. The van der Waals surface area contributed by atoms with E-state index in [0.717, 1.165) is 5.57 Å². The zero-order chi connectivity index (χ0) is 10.4. The summed E-state index contributed by atoms with van der Waals surface area (Å²) in [5.41, 5.74) is 0.876. The van der Waals surface area contributed by atoms with Crippen molar-refractivity contribution in [3.05, 3.63) is 12.2 Å². The molecule has 0 aromatic rings. The largest absolute Gasteiger partial charge is 0.384 e. The second-order valence-corrected chi connectivity index (χ2v) is 3.24. The molecule has 1 fully saturated rings. The fourth-order valence-electron chi connectivity index (χ4n) is 1.43. The first-order valence-corrected chi connectivity index (χ1v) is 4.72.